The number of nitrogens with one attached hydrogen (secondary N) is 1. The zero-order valence-electron chi connectivity index (χ0n) is 18.0. The molecule has 3 aromatic rings. The van der Waals surface area contributed by atoms with Crippen molar-refractivity contribution in [3.05, 3.63) is 80.7 Å². The monoisotopic (exact) mass is 426 g/mol. The molecule has 3 rings (SSSR count). The first-order valence-electron chi connectivity index (χ1n) is 9.85. The van der Waals surface area contributed by atoms with Gasteiger partial charge in [0.25, 0.3) is 5.91 Å². The number of hydrogen-bond acceptors (Lipinski definition) is 4. The molecule has 0 fully saturated rings. The van der Waals surface area contributed by atoms with Crippen LogP contribution >= 0.6 is 11.6 Å². The Kier molecular flexibility index (Phi) is 6.34. The highest BCUT2D eigenvalue weighted by Gasteiger charge is 2.19. The maximum absolute atomic E-state index is 12.7. The highest BCUT2D eigenvalue weighted by Crippen LogP contribution is 2.25. The van der Waals surface area contributed by atoms with Gasteiger partial charge < -0.3 is 14.6 Å². The first-order valence-corrected chi connectivity index (χ1v) is 10.2. The normalized spacial score (nSPS) is 12.9. The standard InChI is InChI=1S/C24H27ClN2O3/c1-24(2,3)16-8-6-15(7-9-16)19(27(4)5)14-26-23(29)22-13-20(28)18-12-17(25)10-11-21(18)30-22/h6-13,19H,14H2,1-5H3,(H,26,29)/t19-/m0/s1. The third-order valence-corrected chi connectivity index (χ3v) is 5.39. The molecule has 1 aromatic heterocycles. The second-order valence-corrected chi connectivity index (χ2v) is 9.11. The number of halogens is 1. The van der Waals surface area contributed by atoms with Gasteiger partial charge in [-0.1, -0.05) is 56.6 Å². The van der Waals surface area contributed by atoms with Gasteiger partial charge >= 0.3 is 0 Å². The summed E-state index contributed by atoms with van der Waals surface area (Å²) < 4.78 is 5.63. The van der Waals surface area contributed by atoms with Gasteiger partial charge in [0.15, 0.2) is 11.2 Å². The molecular formula is C24H27ClN2O3. The van der Waals surface area contributed by atoms with Crippen molar-refractivity contribution in [3.8, 4) is 0 Å². The molecule has 0 saturated heterocycles. The fourth-order valence-corrected chi connectivity index (χ4v) is 3.49. The quantitative estimate of drug-likeness (QED) is 0.637. The molecule has 0 saturated carbocycles. The maximum atomic E-state index is 12.7. The molecule has 2 aromatic carbocycles. The lowest BCUT2D eigenvalue weighted by molar-refractivity contribution is 0.0914. The van der Waals surface area contributed by atoms with E-state index in [0.29, 0.717) is 22.5 Å². The van der Waals surface area contributed by atoms with Crippen molar-refractivity contribution in [1.29, 1.82) is 0 Å². The number of rotatable bonds is 5. The summed E-state index contributed by atoms with van der Waals surface area (Å²) in [6, 6.07) is 14.4. The summed E-state index contributed by atoms with van der Waals surface area (Å²) in [5, 5.41) is 3.68. The van der Waals surface area contributed by atoms with Crippen LogP contribution < -0.4 is 10.7 Å². The molecule has 0 unspecified atom stereocenters. The zero-order valence-corrected chi connectivity index (χ0v) is 18.7. The van der Waals surface area contributed by atoms with Gasteiger partial charge in [-0.3, -0.25) is 9.59 Å². The summed E-state index contributed by atoms with van der Waals surface area (Å²) in [6.07, 6.45) is 0. The highest BCUT2D eigenvalue weighted by atomic mass is 35.5. The van der Waals surface area contributed by atoms with E-state index < -0.39 is 5.91 Å². The average Bonchev–Trinajstić information content (AvgIpc) is 2.68. The van der Waals surface area contributed by atoms with Crippen LogP contribution in [0.25, 0.3) is 11.0 Å². The predicted molar refractivity (Wildman–Crippen MR) is 121 cm³/mol. The van der Waals surface area contributed by atoms with Gasteiger partial charge in [-0.05, 0) is 48.8 Å². The smallest absolute Gasteiger partial charge is 0.287 e. The lowest BCUT2D eigenvalue weighted by Crippen LogP contribution is -2.34. The Morgan fingerprint density at radius 3 is 2.37 bits per heavy atom. The van der Waals surface area contributed by atoms with Gasteiger partial charge in [0.05, 0.1) is 11.4 Å². The average molecular weight is 427 g/mol. The lowest BCUT2D eigenvalue weighted by atomic mass is 9.86. The minimum Gasteiger partial charge on any atom is -0.451 e. The number of likely N-dealkylation sites (N-methyl/N-ethyl adjacent to an activating group) is 1. The van der Waals surface area contributed by atoms with Gasteiger partial charge in [0.2, 0.25) is 0 Å². The van der Waals surface area contributed by atoms with Crippen LogP contribution in [0.1, 0.15) is 48.5 Å². The largest absolute Gasteiger partial charge is 0.451 e. The minimum absolute atomic E-state index is 0.0181. The number of hydrogen-bond donors (Lipinski definition) is 1. The number of amides is 1. The highest BCUT2D eigenvalue weighted by molar-refractivity contribution is 6.31. The topological polar surface area (TPSA) is 62.6 Å². The van der Waals surface area contributed by atoms with Crippen LogP contribution in [0.15, 0.2) is 57.7 Å². The van der Waals surface area contributed by atoms with Gasteiger partial charge in [0, 0.05) is 17.6 Å². The third kappa shape index (κ3) is 4.91. The Morgan fingerprint density at radius 2 is 1.77 bits per heavy atom. The lowest BCUT2D eigenvalue weighted by Gasteiger charge is -2.26. The molecule has 1 atom stereocenters. The van der Waals surface area contributed by atoms with Gasteiger partial charge in [0.1, 0.15) is 5.58 Å². The van der Waals surface area contributed by atoms with E-state index in [0.717, 1.165) is 5.56 Å². The Morgan fingerprint density at radius 1 is 1.10 bits per heavy atom. The molecular weight excluding hydrogens is 400 g/mol. The van der Waals surface area contributed by atoms with Crippen LogP contribution in [0.3, 0.4) is 0 Å². The Bertz CT molecular complexity index is 1110. The predicted octanol–water partition coefficient (Wildman–Crippen LogP) is 4.78. The zero-order chi connectivity index (χ0) is 22.1. The van der Waals surface area contributed by atoms with Crippen LogP contribution in [-0.2, 0) is 5.41 Å². The van der Waals surface area contributed by atoms with E-state index >= 15 is 0 Å². The van der Waals surface area contributed by atoms with Crippen molar-refractivity contribution in [2.24, 2.45) is 0 Å². The van der Waals surface area contributed by atoms with Crippen LogP contribution in [0, 0.1) is 0 Å². The molecule has 158 valence electrons. The molecule has 0 aliphatic carbocycles. The van der Waals surface area contributed by atoms with Crippen molar-refractivity contribution in [2.75, 3.05) is 20.6 Å². The van der Waals surface area contributed by atoms with Gasteiger partial charge in [-0.25, -0.2) is 0 Å². The van der Waals surface area contributed by atoms with Crippen molar-refractivity contribution in [1.82, 2.24) is 10.2 Å². The molecule has 0 spiro atoms. The maximum Gasteiger partial charge on any atom is 0.287 e. The summed E-state index contributed by atoms with van der Waals surface area (Å²) >= 11 is 5.94. The number of benzene rings is 2. The summed E-state index contributed by atoms with van der Waals surface area (Å²) in [6.45, 7) is 6.91. The second-order valence-electron chi connectivity index (χ2n) is 8.68. The molecule has 1 heterocycles. The van der Waals surface area contributed by atoms with Crippen molar-refractivity contribution < 1.29 is 9.21 Å². The first-order chi connectivity index (χ1) is 14.1. The summed E-state index contributed by atoms with van der Waals surface area (Å²) in [5.74, 6) is -0.447. The van der Waals surface area contributed by atoms with Gasteiger partial charge in [-0.15, -0.1) is 0 Å². The number of carbonyl (C=O) groups is 1. The van der Waals surface area contributed by atoms with Crippen molar-refractivity contribution >= 4 is 28.5 Å². The van der Waals surface area contributed by atoms with E-state index in [1.165, 1.54) is 17.7 Å². The fourth-order valence-electron chi connectivity index (χ4n) is 3.32. The summed E-state index contributed by atoms with van der Waals surface area (Å²) in [4.78, 5) is 27.0. The van der Waals surface area contributed by atoms with E-state index in [2.05, 4.69) is 50.4 Å². The molecule has 0 bridgehead atoms. The molecule has 1 amide bonds. The Balaban J connectivity index is 1.78. The fraction of sp³-hybridized carbons (Fsp3) is 0.333. The second kappa shape index (κ2) is 8.62. The van der Waals surface area contributed by atoms with Gasteiger partial charge in [-0.2, -0.15) is 0 Å². The van der Waals surface area contributed by atoms with E-state index in [1.54, 1.807) is 12.1 Å². The Hall–Kier alpha value is -2.63. The van der Waals surface area contributed by atoms with Crippen LogP contribution in [0.2, 0.25) is 5.02 Å². The summed E-state index contributed by atoms with van der Waals surface area (Å²) in [5.41, 5.74) is 2.47. The van der Waals surface area contributed by atoms with E-state index in [-0.39, 0.29) is 22.6 Å². The Labute approximate surface area is 181 Å². The van der Waals surface area contributed by atoms with Crippen LogP contribution in [0.4, 0.5) is 0 Å². The SMILES string of the molecule is CN(C)[C@@H](CNC(=O)c1cc(=O)c2cc(Cl)ccc2o1)c1ccc(C(C)(C)C)cc1. The van der Waals surface area contributed by atoms with E-state index in [1.807, 2.05) is 19.0 Å². The van der Waals surface area contributed by atoms with Crippen LogP contribution in [-0.4, -0.2) is 31.4 Å². The number of carbonyl (C=O) groups excluding carboxylic acids is 1. The van der Waals surface area contributed by atoms with Crippen molar-refractivity contribution in [2.45, 2.75) is 32.2 Å². The first kappa shape index (κ1) is 22.1. The molecule has 0 aliphatic heterocycles. The van der Waals surface area contributed by atoms with E-state index in [4.69, 9.17) is 16.0 Å². The van der Waals surface area contributed by atoms with Crippen molar-refractivity contribution in [3.63, 3.8) is 0 Å². The molecule has 0 aliphatic rings. The molecule has 30 heavy (non-hydrogen) atoms. The number of fused-ring (bicyclic) bond motifs is 1. The number of nitrogens with zero attached hydrogens (tertiary/aromatic N) is 1. The third-order valence-electron chi connectivity index (χ3n) is 5.15. The molecule has 1 N–H and O–H groups in total. The minimum atomic E-state index is -0.429. The van der Waals surface area contributed by atoms with Crippen LogP contribution in [0.5, 0.6) is 0 Å². The molecule has 0 radical (unpaired) electrons. The summed E-state index contributed by atoms with van der Waals surface area (Å²) in [7, 11) is 3.93. The van der Waals surface area contributed by atoms with E-state index in [9.17, 15) is 9.59 Å². The molecule has 6 heteroatoms. The molecule has 5 nitrogen and oxygen atoms in total.